The largest absolute Gasteiger partial charge is 0.486 e. The lowest BCUT2D eigenvalue weighted by Gasteiger charge is -2.08. The molecule has 1 aromatic heterocycles. The Morgan fingerprint density at radius 1 is 1.19 bits per heavy atom. The van der Waals surface area contributed by atoms with Crippen LogP contribution in [0.4, 0.5) is 5.69 Å². The Balaban J connectivity index is 1.54. The van der Waals surface area contributed by atoms with Crippen LogP contribution in [0.5, 0.6) is 5.75 Å². The molecule has 3 rings (SSSR count). The maximum atomic E-state index is 12.3. The van der Waals surface area contributed by atoms with Gasteiger partial charge < -0.3 is 10.1 Å². The zero-order valence-corrected chi connectivity index (χ0v) is 16.3. The van der Waals surface area contributed by atoms with E-state index in [0.29, 0.717) is 6.61 Å². The molecule has 0 fully saturated rings. The quantitative estimate of drug-likeness (QED) is 0.587. The van der Waals surface area contributed by atoms with Gasteiger partial charge in [-0.1, -0.05) is 29.8 Å². The van der Waals surface area contributed by atoms with Gasteiger partial charge in [-0.15, -0.1) is 23.1 Å². The lowest BCUT2D eigenvalue weighted by molar-refractivity contribution is -0.115. The van der Waals surface area contributed by atoms with Crippen molar-refractivity contribution in [2.24, 2.45) is 0 Å². The second-order valence-electron chi connectivity index (χ2n) is 5.76. The predicted molar refractivity (Wildman–Crippen MR) is 108 cm³/mol. The molecule has 0 atom stereocenters. The van der Waals surface area contributed by atoms with E-state index < -0.39 is 0 Å². The second-order valence-corrected chi connectivity index (χ2v) is 7.55. The summed E-state index contributed by atoms with van der Waals surface area (Å²) in [4.78, 5) is 17.8. The van der Waals surface area contributed by atoms with Crippen molar-refractivity contribution in [1.82, 2.24) is 4.98 Å². The molecular formula is C20H20N2O2S2. The lowest BCUT2D eigenvalue weighted by atomic mass is 10.2. The molecule has 1 N–H and O–H groups in total. The van der Waals surface area contributed by atoms with Crippen LogP contribution in [-0.2, 0) is 17.8 Å². The number of hydrogen-bond acceptors (Lipinski definition) is 5. The average molecular weight is 385 g/mol. The maximum absolute atomic E-state index is 12.3. The molecule has 0 aliphatic rings. The number of benzene rings is 2. The molecule has 26 heavy (non-hydrogen) atoms. The number of hydrogen-bond donors (Lipinski definition) is 1. The van der Waals surface area contributed by atoms with Crippen LogP contribution in [0.1, 0.15) is 16.3 Å². The average Bonchev–Trinajstić information content (AvgIpc) is 3.09. The SMILES string of the molecule is CSc1ccccc1NC(=O)Cc1csc(COc2ccc(C)cc2)n1. The van der Waals surface area contributed by atoms with E-state index in [1.807, 2.05) is 67.1 Å². The van der Waals surface area contributed by atoms with E-state index in [-0.39, 0.29) is 12.3 Å². The summed E-state index contributed by atoms with van der Waals surface area (Å²) in [6.07, 6.45) is 2.25. The number of anilines is 1. The molecule has 4 nitrogen and oxygen atoms in total. The molecule has 0 saturated carbocycles. The predicted octanol–water partition coefficient (Wildman–Crippen LogP) is 4.93. The fourth-order valence-electron chi connectivity index (χ4n) is 2.38. The van der Waals surface area contributed by atoms with Crippen molar-refractivity contribution >= 4 is 34.7 Å². The highest BCUT2D eigenvalue weighted by Gasteiger charge is 2.10. The number of rotatable bonds is 7. The molecule has 0 spiro atoms. The number of para-hydroxylation sites is 1. The van der Waals surface area contributed by atoms with Gasteiger partial charge in [0.15, 0.2) is 0 Å². The van der Waals surface area contributed by atoms with Gasteiger partial charge in [-0.05, 0) is 37.4 Å². The van der Waals surface area contributed by atoms with Crippen LogP contribution in [0.15, 0.2) is 58.8 Å². The number of carbonyl (C=O) groups excluding carboxylic acids is 1. The summed E-state index contributed by atoms with van der Waals surface area (Å²) < 4.78 is 5.74. The zero-order valence-electron chi connectivity index (χ0n) is 14.7. The number of aryl methyl sites for hydroxylation is 1. The van der Waals surface area contributed by atoms with Gasteiger partial charge in [-0.25, -0.2) is 4.98 Å². The summed E-state index contributed by atoms with van der Waals surface area (Å²) in [6.45, 7) is 2.45. The Bertz CT molecular complexity index is 876. The van der Waals surface area contributed by atoms with Crippen molar-refractivity contribution in [3.05, 3.63) is 70.2 Å². The van der Waals surface area contributed by atoms with E-state index in [9.17, 15) is 4.79 Å². The number of thiazole rings is 1. The summed E-state index contributed by atoms with van der Waals surface area (Å²) in [7, 11) is 0. The smallest absolute Gasteiger partial charge is 0.230 e. The van der Waals surface area contributed by atoms with E-state index in [4.69, 9.17) is 4.74 Å². The maximum Gasteiger partial charge on any atom is 0.230 e. The third kappa shape index (κ3) is 5.09. The zero-order chi connectivity index (χ0) is 18.4. The monoisotopic (exact) mass is 384 g/mol. The first-order chi connectivity index (χ1) is 12.6. The molecule has 3 aromatic rings. The molecule has 1 amide bonds. The number of thioether (sulfide) groups is 1. The highest BCUT2D eigenvalue weighted by atomic mass is 32.2. The molecule has 0 aliphatic carbocycles. The number of nitrogens with one attached hydrogen (secondary N) is 1. The van der Waals surface area contributed by atoms with E-state index >= 15 is 0 Å². The van der Waals surface area contributed by atoms with E-state index in [1.54, 1.807) is 11.8 Å². The van der Waals surface area contributed by atoms with Gasteiger partial charge in [0.25, 0.3) is 0 Å². The minimum absolute atomic E-state index is 0.0668. The molecule has 6 heteroatoms. The molecule has 1 heterocycles. The first kappa shape index (κ1) is 18.5. The van der Waals surface area contributed by atoms with Gasteiger partial charge in [0.05, 0.1) is 17.8 Å². The van der Waals surface area contributed by atoms with Crippen molar-refractivity contribution in [3.8, 4) is 5.75 Å². The van der Waals surface area contributed by atoms with Gasteiger partial charge >= 0.3 is 0 Å². The fraction of sp³-hybridized carbons (Fsp3) is 0.200. The number of ether oxygens (including phenoxy) is 1. The Morgan fingerprint density at radius 3 is 2.73 bits per heavy atom. The van der Waals surface area contributed by atoms with Crippen molar-refractivity contribution in [1.29, 1.82) is 0 Å². The molecule has 2 aromatic carbocycles. The number of nitrogens with zero attached hydrogens (tertiary/aromatic N) is 1. The Kier molecular flexibility index (Phi) is 6.30. The van der Waals surface area contributed by atoms with Crippen LogP contribution >= 0.6 is 23.1 Å². The molecule has 0 aliphatic heterocycles. The van der Waals surface area contributed by atoms with Crippen LogP contribution < -0.4 is 10.1 Å². The Labute approximate surface area is 161 Å². The van der Waals surface area contributed by atoms with Crippen LogP contribution in [-0.4, -0.2) is 17.1 Å². The standard InChI is InChI=1S/C20H20N2O2S2/c1-14-7-9-16(10-8-14)24-12-20-21-15(13-26-20)11-19(23)22-17-5-3-4-6-18(17)25-2/h3-10,13H,11-12H2,1-2H3,(H,22,23). The first-order valence-corrected chi connectivity index (χ1v) is 10.3. The summed E-state index contributed by atoms with van der Waals surface area (Å²) in [5.41, 5.74) is 2.79. The summed E-state index contributed by atoms with van der Waals surface area (Å²) in [5, 5.41) is 5.73. The molecule has 0 bridgehead atoms. The highest BCUT2D eigenvalue weighted by Crippen LogP contribution is 2.24. The minimum atomic E-state index is -0.0668. The van der Waals surface area contributed by atoms with E-state index in [1.165, 1.54) is 16.9 Å². The topological polar surface area (TPSA) is 51.2 Å². The minimum Gasteiger partial charge on any atom is -0.486 e. The number of amides is 1. The molecular weight excluding hydrogens is 364 g/mol. The van der Waals surface area contributed by atoms with Crippen molar-refractivity contribution < 1.29 is 9.53 Å². The van der Waals surface area contributed by atoms with Crippen LogP contribution in [0.2, 0.25) is 0 Å². The van der Waals surface area contributed by atoms with Crippen molar-refractivity contribution in [2.45, 2.75) is 24.8 Å². The van der Waals surface area contributed by atoms with Crippen LogP contribution in [0.3, 0.4) is 0 Å². The molecule has 0 saturated heterocycles. The molecule has 134 valence electrons. The third-order valence-corrected chi connectivity index (χ3v) is 5.37. The molecule has 0 radical (unpaired) electrons. The number of aromatic nitrogens is 1. The highest BCUT2D eigenvalue weighted by molar-refractivity contribution is 7.98. The fourth-order valence-corrected chi connectivity index (χ4v) is 3.64. The van der Waals surface area contributed by atoms with Crippen molar-refractivity contribution in [2.75, 3.05) is 11.6 Å². The summed E-state index contributed by atoms with van der Waals surface area (Å²) in [6, 6.07) is 15.7. The normalized spacial score (nSPS) is 10.5. The van der Waals surface area contributed by atoms with E-state index in [2.05, 4.69) is 10.3 Å². The van der Waals surface area contributed by atoms with E-state index in [0.717, 1.165) is 27.0 Å². The second kappa shape index (κ2) is 8.87. The van der Waals surface area contributed by atoms with Crippen molar-refractivity contribution in [3.63, 3.8) is 0 Å². The summed E-state index contributed by atoms with van der Waals surface area (Å²) >= 11 is 3.12. The summed E-state index contributed by atoms with van der Waals surface area (Å²) in [5.74, 6) is 0.751. The Morgan fingerprint density at radius 2 is 1.96 bits per heavy atom. The van der Waals surface area contributed by atoms with Gasteiger partial charge in [0.2, 0.25) is 5.91 Å². The van der Waals surface area contributed by atoms with Gasteiger partial charge in [0.1, 0.15) is 17.4 Å². The third-order valence-electron chi connectivity index (χ3n) is 3.71. The van der Waals surface area contributed by atoms with Crippen LogP contribution in [0.25, 0.3) is 0 Å². The van der Waals surface area contributed by atoms with Crippen LogP contribution in [0, 0.1) is 6.92 Å². The first-order valence-electron chi connectivity index (χ1n) is 8.19. The molecule has 0 unspecified atom stereocenters. The lowest BCUT2D eigenvalue weighted by Crippen LogP contribution is -2.15. The van der Waals surface area contributed by atoms with Gasteiger partial charge in [-0.3, -0.25) is 4.79 Å². The Hall–Kier alpha value is -2.31. The van der Waals surface area contributed by atoms with Gasteiger partial charge in [0, 0.05) is 10.3 Å². The van der Waals surface area contributed by atoms with Gasteiger partial charge in [-0.2, -0.15) is 0 Å². The number of carbonyl (C=O) groups is 1.